The minimum absolute atomic E-state index is 0.208. The van der Waals surface area contributed by atoms with Gasteiger partial charge in [0.2, 0.25) is 0 Å². The highest BCUT2D eigenvalue weighted by molar-refractivity contribution is 7.90. The van der Waals surface area contributed by atoms with Crippen LogP contribution in [0.4, 0.5) is 0 Å². The van der Waals surface area contributed by atoms with Gasteiger partial charge in [0.15, 0.2) is 9.84 Å². The number of hydrogen-bond donors (Lipinski definition) is 0. The van der Waals surface area contributed by atoms with E-state index >= 15 is 0 Å². The second-order valence-electron chi connectivity index (χ2n) is 6.33. The maximum atomic E-state index is 12.7. The Morgan fingerprint density at radius 1 is 0.821 bits per heavy atom. The molecule has 0 bridgehead atoms. The standard InChI is InChI=1S/C22H16O5S/c1-28(24,25)18-11-9-16(10-12-18)20-19(14-17-8-5-13-26-17)27-22(23)21(20)15-6-3-2-4-7-15/h2-14H,1H3/b19-14-. The quantitative estimate of drug-likeness (QED) is 0.623. The van der Waals surface area contributed by atoms with Gasteiger partial charge in [-0.25, -0.2) is 13.2 Å². The van der Waals surface area contributed by atoms with E-state index in [2.05, 4.69) is 0 Å². The van der Waals surface area contributed by atoms with Crippen LogP contribution in [-0.2, 0) is 19.4 Å². The van der Waals surface area contributed by atoms with E-state index in [9.17, 15) is 13.2 Å². The molecule has 1 aliphatic heterocycles. The molecular weight excluding hydrogens is 376 g/mol. The minimum Gasteiger partial charge on any atom is -0.465 e. The van der Waals surface area contributed by atoms with E-state index in [1.165, 1.54) is 18.4 Å². The average molecular weight is 392 g/mol. The molecule has 0 radical (unpaired) electrons. The highest BCUT2D eigenvalue weighted by Gasteiger charge is 2.32. The van der Waals surface area contributed by atoms with Crippen LogP contribution in [0.3, 0.4) is 0 Å². The summed E-state index contributed by atoms with van der Waals surface area (Å²) in [5.74, 6) is 0.430. The van der Waals surface area contributed by atoms with E-state index in [4.69, 9.17) is 9.15 Å². The normalized spacial score (nSPS) is 15.9. The largest absolute Gasteiger partial charge is 0.465 e. The Kier molecular flexibility index (Phi) is 4.49. The molecule has 1 aliphatic rings. The van der Waals surface area contributed by atoms with Gasteiger partial charge in [-0.15, -0.1) is 0 Å². The van der Waals surface area contributed by atoms with E-state index in [0.29, 0.717) is 28.2 Å². The van der Waals surface area contributed by atoms with Crippen LogP contribution in [0.1, 0.15) is 16.9 Å². The molecule has 0 aliphatic carbocycles. The molecule has 140 valence electrons. The zero-order chi connectivity index (χ0) is 19.7. The Balaban J connectivity index is 1.92. The fraction of sp³-hybridized carbons (Fsp3) is 0.0455. The van der Waals surface area contributed by atoms with Crippen LogP contribution in [0.5, 0.6) is 0 Å². The summed E-state index contributed by atoms with van der Waals surface area (Å²) in [5, 5.41) is 0. The molecular formula is C22H16O5S. The molecule has 0 unspecified atom stereocenters. The van der Waals surface area contributed by atoms with E-state index in [1.807, 2.05) is 30.3 Å². The van der Waals surface area contributed by atoms with Crippen molar-refractivity contribution in [2.45, 2.75) is 4.90 Å². The predicted octanol–water partition coefficient (Wildman–Crippen LogP) is 4.19. The molecule has 3 aromatic rings. The van der Waals surface area contributed by atoms with Crippen molar-refractivity contribution < 1.29 is 22.4 Å². The lowest BCUT2D eigenvalue weighted by Crippen LogP contribution is -1.98. The number of furan rings is 1. The van der Waals surface area contributed by atoms with Crippen molar-refractivity contribution in [3.63, 3.8) is 0 Å². The Labute approximate surface area is 162 Å². The van der Waals surface area contributed by atoms with Gasteiger partial charge in [0.25, 0.3) is 0 Å². The number of allylic oxidation sites excluding steroid dienone is 1. The number of esters is 1. The van der Waals surface area contributed by atoms with Crippen LogP contribution in [-0.4, -0.2) is 20.6 Å². The summed E-state index contributed by atoms with van der Waals surface area (Å²) in [5.41, 5.74) is 2.41. The van der Waals surface area contributed by atoms with Crippen LogP contribution < -0.4 is 0 Å². The van der Waals surface area contributed by atoms with Gasteiger partial charge in [0.05, 0.1) is 16.7 Å². The molecule has 4 rings (SSSR count). The van der Waals surface area contributed by atoms with Crippen molar-refractivity contribution in [1.29, 1.82) is 0 Å². The molecule has 0 amide bonds. The van der Waals surface area contributed by atoms with Crippen molar-refractivity contribution in [1.82, 2.24) is 0 Å². The zero-order valence-electron chi connectivity index (χ0n) is 15.0. The van der Waals surface area contributed by atoms with Gasteiger partial charge < -0.3 is 9.15 Å². The molecule has 5 nitrogen and oxygen atoms in total. The average Bonchev–Trinajstić information content (AvgIpc) is 3.29. The first-order valence-electron chi connectivity index (χ1n) is 8.51. The molecule has 0 atom stereocenters. The van der Waals surface area contributed by atoms with Gasteiger partial charge in [0, 0.05) is 17.9 Å². The van der Waals surface area contributed by atoms with E-state index in [0.717, 1.165) is 11.8 Å². The fourth-order valence-electron chi connectivity index (χ4n) is 3.05. The van der Waals surface area contributed by atoms with Gasteiger partial charge in [-0.05, 0) is 35.4 Å². The molecule has 2 heterocycles. The Hall–Kier alpha value is -3.38. The molecule has 2 aromatic carbocycles. The molecule has 1 aromatic heterocycles. The predicted molar refractivity (Wildman–Crippen MR) is 106 cm³/mol. The number of rotatable bonds is 4. The number of ether oxygens (including phenoxy) is 1. The van der Waals surface area contributed by atoms with Crippen LogP contribution in [0.15, 0.2) is 88.1 Å². The first-order valence-corrected chi connectivity index (χ1v) is 10.4. The summed E-state index contributed by atoms with van der Waals surface area (Å²) < 4.78 is 34.4. The van der Waals surface area contributed by atoms with Crippen molar-refractivity contribution in [2.75, 3.05) is 6.26 Å². The third-order valence-corrected chi connectivity index (χ3v) is 5.48. The van der Waals surface area contributed by atoms with Gasteiger partial charge in [-0.1, -0.05) is 42.5 Å². The summed E-state index contributed by atoms with van der Waals surface area (Å²) in [4.78, 5) is 12.9. The van der Waals surface area contributed by atoms with Crippen LogP contribution in [0.25, 0.3) is 17.2 Å². The second-order valence-corrected chi connectivity index (χ2v) is 8.34. The third-order valence-electron chi connectivity index (χ3n) is 4.35. The lowest BCUT2D eigenvalue weighted by atomic mass is 9.95. The highest BCUT2D eigenvalue weighted by Crippen LogP contribution is 2.40. The molecule has 0 spiro atoms. The SMILES string of the molecule is CS(=O)(=O)c1ccc(C2=C(c3ccccc3)C(=O)O/C2=C\c2ccco2)cc1. The van der Waals surface area contributed by atoms with Crippen LogP contribution in [0, 0.1) is 0 Å². The number of hydrogen-bond acceptors (Lipinski definition) is 5. The number of carbonyl (C=O) groups excluding carboxylic acids is 1. The fourth-order valence-corrected chi connectivity index (χ4v) is 3.68. The minimum atomic E-state index is -3.32. The molecule has 0 fully saturated rings. The van der Waals surface area contributed by atoms with Gasteiger partial charge in [-0.2, -0.15) is 0 Å². The van der Waals surface area contributed by atoms with E-state index in [1.54, 1.807) is 30.3 Å². The van der Waals surface area contributed by atoms with Gasteiger partial charge in [0.1, 0.15) is 11.5 Å². The number of benzene rings is 2. The van der Waals surface area contributed by atoms with E-state index < -0.39 is 15.8 Å². The zero-order valence-corrected chi connectivity index (χ0v) is 15.8. The lowest BCUT2D eigenvalue weighted by Gasteiger charge is -2.07. The topological polar surface area (TPSA) is 73.6 Å². The molecule has 0 saturated heterocycles. The van der Waals surface area contributed by atoms with Crippen LogP contribution >= 0.6 is 0 Å². The lowest BCUT2D eigenvalue weighted by molar-refractivity contribution is -0.131. The van der Waals surface area contributed by atoms with Crippen molar-refractivity contribution in [3.8, 4) is 0 Å². The molecule has 6 heteroatoms. The maximum Gasteiger partial charge on any atom is 0.344 e. The number of sulfone groups is 1. The monoisotopic (exact) mass is 392 g/mol. The third kappa shape index (κ3) is 3.42. The number of cyclic esters (lactones) is 1. The molecule has 0 saturated carbocycles. The molecule has 28 heavy (non-hydrogen) atoms. The van der Waals surface area contributed by atoms with Crippen molar-refractivity contribution in [2.24, 2.45) is 0 Å². The van der Waals surface area contributed by atoms with Crippen molar-refractivity contribution in [3.05, 3.63) is 95.6 Å². The van der Waals surface area contributed by atoms with Crippen molar-refractivity contribution >= 4 is 33.0 Å². The Bertz CT molecular complexity index is 1180. The maximum absolute atomic E-state index is 12.7. The Morgan fingerprint density at radius 2 is 1.50 bits per heavy atom. The van der Waals surface area contributed by atoms with Crippen LogP contribution in [0.2, 0.25) is 0 Å². The smallest absolute Gasteiger partial charge is 0.344 e. The summed E-state index contributed by atoms with van der Waals surface area (Å²) >= 11 is 0. The summed E-state index contributed by atoms with van der Waals surface area (Å²) in [6, 6.07) is 19.1. The summed E-state index contributed by atoms with van der Waals surface area (Å²) in [6.45, 7) is 0. The van der Waals surface area contributed by atoms with E-state index in [-0.39, 0.29) is 4.90 Å². The number of carbonyl (C=O) groups is 1. The molecule has 0 N–H and O–H groups in total. The first-order chi connectivity index (χ1) is 13.4. The second kappa shape index (κ2) is 6.98. The Morgan fingerprint density at radius 3 is 2.11 bits per heavy atom. The summed E-state index contributed by atoms with van der Waals surface area (Å²) in [6.07, 6.45) is 4.33. The highest BCUT2D eigenvalue weighted by atomic mass is 32.2. The summed E-state index contributed by atoms with van der Waals surface area (Å²) in [7, 11) is -3.32. The van der Waals surface area contributed by atoms with Gasteiger partial charge >= 0.3 is 5.97 Å². The first kappa shape index (κ1) is 18.0. The van der Waals surface area contributed by atoms with Gasteiger partial charge in [-0.3, -0.25) is 0 Å².